The van der Waals surface area contributed by atoms with E-state index in [0.29, 0.717) is 0 Å². The molecule has 1 amide bonds. The first kappa shape index (κ1) is 15.0. The molecule has 0 spiro atoms. The highest BCUT2D eigenvalue weighted by atomic mass is 32.2. The molecule has 0 unspecified atom stereocenters. The fraction of sp³-hybridized carbons (Fsp3) is 0.0833. The second kappa shape index (κ2) is 5.52. The number of nitrogens with zero attached hydrogens (tertiary/aromatic N) is 2. The van der Waals surface area contributed by atoms with E-state index in [4.69, 9.17) is 0 Å². The average molecular weight is 313 g/mol. The number of sulfonamides is 1. The van der Waals surface area contributed by atoms with Crippen molar-refractivity contribution in [3.05, 3.63) is 54.5 Å². The van der Waals surface area contributed by atoms with Gasteiger partial charge in [0.25, 0.3) is 10.0 Å². The van der Waals surface area contributed by atoms with E-state index in [1.165, 1.54) is 29.1 Å². The molecule has 0 saturated heterocycles. The molecule has 0 bridgehead atoms. The van der Waals surface area contributed by atoms with E-state index in [1.807, 2.05) is 0 Å². The summed E-state index contributed by atoms with van der Waals surface area (Å²) in [6.45, 7) is 0. The number of carbonyl (C=O) groups excluding carboxylic acids is 1. The number of hydrogen-bond acceptors (Lipinski definition) is 5. The first-order valence-electron chi connectivity index (χ1n) is 5.60. The molecule has 0 aliphatic rings. The van der Waals surface area contributed by atoms with Crippen molar-refractivity contribution >= 4 is 15.9 Å². The second-order valence-corrected chi connectivity index (χ2v) is 5.55. The molecule has 2 aromatic rings. The molecular weight excluding hydrogens is 304 g/mol. The van der Waals surface area contributed by atoms with Crippen molar-refractivity contribution in [2.24, 2.45) is 0 Å². The third kappa shape index (κ3) is 3.19. The van der Waals surface area contributed by atoms with Gasteiger partial charge < -0.3 is 0 Å². The van der Waals surface area contributed by atoms with Crippen LogP contribution < -0.4 is 4.72 Å². The summed E-state index contributed by atoms with van der Waals surface area (Å²) in [6, 6.07) is 6.16. The highest BCUT2D eigenvalue weighted by Gasteiger charge is 2.43. The molecule has 0 aliphatic carbocycles. The van der Waals surface area contributed by atoms with E-state index in [9.17, 15) is 22.0 Å². The van der Waals surface area contributed by atoms with E-state index < -0.39 is 32.4 Å². The number of amides is 1. The zero-order valence-corrected chi connectivity index (χ0v) is 11.2. The minimum absolute atomic E-state index is 0.614. The van der Waals surface area contributed by atoms with Crippen molar-refractivity contribution in [1.29, 1.82) is 0 Å². The maximum Gasteiger partial charge on any atom is 0.350 e. The Morgan fingerprint density at radius 3 is 2.38 bits per heavy atom. The summed E-state index contributed by atoms with van der Waals surface area (Å²) in [6.07, 6.45) is 3.12. The van der Waals surface area contributed by atoms with Crippen LogP contribution >= 0.6 is 0 Å². The summed E-state index contributed by atoms with van der Waals surface area (Å²) < 4.78 is 52.6. The van der Waals surface area contributed by atoms with Crippen LogP contribution in [0.5, 0.6) is 0 Å². The molecule has 1 aromatic carbocycles. The van der Waals surface area contributed by atoms with Crippen LogP contribution in [-0.4, -0.2) is 24.3 Å². The average Bonchev–Trinajstić information content (AvgIpc) is 2.48. The Hall–Kier alpha value is -2.42. The first-order chi connectivity index (χ1) is 9.84. The smallest absolute Gasteiger partial charge is 0.267 e. The number of alkyl halides is 2. The zero-order chi connectivity index (χ0) is 15.5. The van der Waals surface area contributed by atoms with Crippen LogP contribution in [0.25, 0.3) is 0 Å². The van der Waals surface area contributed by atoms with Crippen LogP contribution in [0, 0.1) is 0 Å². The molecular formula is C12H9F2N3O3S. The van der Waals surface area contributed by atoms with Crippen molar-refractivity contribution in [3.63, 3.8) is 0 Å². The number of nitrogens with one attached hydrogen (secondary N) is 1. The largest absolute Gasteiger partial charge is 0.350 e. The maximum absolute atomic E-state index is 13.9. The Morgan fingerprint density at radius 1 is 1.14 bits per heavy atom. The Labute approximate surface area is 118 Å². The number of carbonyl (C=O) groups is 1. The second-order valence-electron chi connectivity index (χ2n) is 3.92. The van der Waals surface area contributed by atoms with Gasteiger partial charge in [0.05, 0.1) is 6.20 Å². The highest BCUT2D eigenvalue weighted by Crippen LogP contribution is 2.28. The zero-order valence-electron chi connectivity index (χ0n) is 10.4. The summed E-state index contributed by atoms with van der Waals surface area (Å²) in [5.41, 5.74) is -0.614. The van der Waals surface area contributed by atoms with Gasteiger partial charge in [-0.3, -0.25) is 9.78 Å². The van der Waals surface area contributed by atoms with Gasteiger partial charge in [-0.15, -0.1) is 0 Å². The Balaban J connectivity index is 2.26. The van der Waals surface area contributed by atoms with Crippen molar-refractivity contribution in [2.75, 3.05) is 0 Å². The normalized spacial score (nSPS) is 11.9. The lowest BCUT2D eigenvalue weighted by Crippen LogP contribution is -2.41. The molecule has 110 valence electrons. The van der Waals surface area contributed by atoms with Gasteiger partial charge in [-0.1, -0.05) is 30.3 Å². The summed E-state index contributed by atoms with van der Waals surface area (Å²) in [4.78, 5) is 18.5. The van der Waals surface area contributed by atoms with Gasteiger partial charge in [0.2, 0.25) is 0 Å². The SMILES string of the molecule is O=C(NS(=O)(=O)c1cnccn1)C(F)(F)c1ccccc1. The standard InChI is InChI=1S/C12H9F2N3O3S/c13-12(14,9-4-2-1-3-5-9)11(18)17-21(19,20)10-8-15-6-7-16-10/h1-8H,(H,17,18). The predicted molar refractivity (Wildman–Crippen MR) is 67.7 cm³/mol. The molecule has 1 aromatic heterocycles. The van der Waals surface area contributed by atoms with E-state index in [1.54, 1.807) is 0 Å². The quantitative estimate of drug-likeness (QED) is 0.912. The molecule has 0 atom stereocenters. The molecule has 0 fully saturated rings. The van der Waals surface area contributed by atoms with Crippen LogP contribution in [0.3, 0.4) is 0 Å². The number of hydrogen-bond donors (Lipinski definition) is 1. The summed E-state index contributed by atoms with van der Waals surface area (Å²) in [5.74, 6) is -5.95. The van der Waals surface area contributed by atoms with E-state index in [-0.39, 0.29) is 0 Å². The number of rotatable bonds is 4. The van der Waals surface area contributed by atoms with E-state index in [0.717, 1.165) is 24.5 Å². The van der Waals surface area contributed by atoms with Crippen molar-refractivity contribution in [1.82, 2.24) is 14.7 Å². The molecule has 1 N–H and O–H groups in total. The van der Waals surface area contributed by atoms with Gasteiger partial charge in [-0.2, -0.15) is 17.2 Å². The molecule has 21 heavy (non-hydrogen) atoms. The lowest BCUT2D eigenvalue weighted by atomic mass is 10.1. The van der Waals surface area contributed by atoms with Crippen molar-refractivity contribution in [3.8, 4) is 0 Å². The van der Waals surface area contributed by atoms with Crippen LogP contribution in [0.2, 0.25) is 0 Å². The Morgan fingerprint density at radius 2 is 1.81 bits per heavy atom. The van der Waals surface area contributed by atoms with Crippen LogP contribution in [-0.2, 0) is 20.7 Å². The van der Waals surface area contributed by atoms with Gasteiger partial charge >= 0.3 is 11.8 Å². The third-order valence-corrected chi connectivity index (χ3v) is 3.68. The number of aromatic nitrogens is 2. The molecule has 6 nitrogen and oxygen atoms in total. The third-order valence-electron chi connectivity index (χ3n) is 2.46. The van der Waals surface area contributed by atoms with Gasteiger partial charge in [0.1, 0.15) is 0 Å². The van der Waals surface area contributed by atoms with Crippen LogP contribution in [0.1, 0.15) is 5.56 Å². The lowest BCUT2D eigenvalue weighted by molar-refractivity contribution is -0.144. The molecule has 0 radical (unpaired) electrons. The predicted octanol–water partition coefficient (Wildman–Crippen LogP) is 1.07. The van der Waals surface area contributed by atoms with Gasteiger partial charge in [0, 0.05) is 18.0 Å². The maximum atomic E-state index is 13.9. The van der Waals surface area contributed by atoms with Gasteiger partial charge in [-0.05, 0) is 0 Å². The Kier molecular flexibility index (Phi) is 3.94. The summed E-state index contributed by atoms with van der Waals surface area (Å²) in [5, 5.41) is -0.623. The van der Waals surface area contributed by atoms with Crippen molar-refractivity contribution in [2.45, 2.75) is 10.9 Å². The summed E-state index contributed by atoms with van der Waals surface area (Å²) in [7, 11) is -4.50. The fourth-order valence-electron chi connectivity index (χ4n) is 1.44. The monoisotopic (exact) mass is 313 g/mol. The lowest BCUT2D eigenvalue weighted by Gasteiger charge is -2.15. The summed E-state index contributed by atoms with van der Waals surface area (Å²) >= 11 is 0. The molecule has 1 heterocycles. The Bertz CT molecular complexity index is 737. The highest BCUT2D eigenvalue weighted by molar-refractivity contribution is 7.90. The molecule has 0 aliphatic heterocycles. The topological polar surface area (TPSA) is 89.0 Å². The molecule has 2 rings (SSSR count). The fourth-order valence-corrected chi connectivity index (χ4v) is 2.32. The van der Waals surface area contributed by atoms with Crippen LogP contribution in [0.4, 0.5) is 8.78 Å². The molecule has 9 heteroatoms. The van der Waals surface area contributed by atoms with Gasteiger partial charge in [0.15, 0.2) is 5.03 Å². The van der Waals surface area contributed by atoms with Crippen LogP contribution in [0.15, 0.2) is 53.9 Å². The molecule has 0 saturated carbocycles. The van der Waals surface area contributed by atoms with Gasteiger partial charge in [-0.25, -0.2) is 9.71 Å². The minimum Gasteiger partial charge on any atom is -0.267 e. The van der Waals surface area contributed by atoms with E-state index in [2.05, 4.69) is 9.97 Å². The first-order valence-corrected chi connectivity index (χ1v) is 7.09. The van der Waals surface area contributed by atoms with E-state index >= 15 is 0 Å². The number of benzene rings is 1. The van der Waals surface area contributed by atoms with Crippen molar-refractivity contribution < 1.29 is 22.0 Å². The minimum atomic E-state index is -4.50. The number of halogens is 2.